The van der Waals surface area contributed by atoms with Gasteiger partial charge in [0.05, 0.1) is 5.92 Å². The molecule has 110 valence electrons. The molecule has 1 aromatic rings. The first-order valence-corrected chi connectivity index (χ1v) is 7.33. The van der Waals surface area contributed by atoms with Crippen LogP contribution in [0.4, 0.5) is 4.39 Å². The van der Waals surface area contributed by atoms with E-state index in [0.717, 1.165) is 18.4 Å². The second kappa shape index (κ2) is 5.72. The highest BCUT2D eigenvalue weighted by molar-refractivity contribution is 6.31. The Morgan fingerprint density at radius 2 is 2.20 bits per heavy atom. The molecular weight excluding hydrogens is 279 g/mol. The van der Waals surface area contributed by atoms with Gasteiger partial charge in [0.2, 0.25) is 0 Å². The van der Waals surface area contributed by atoms with E-state index in [9.17, 15) is 14.3 Å². The van der Waals surface area contributed by atoms with Crippen molar-refractivity contribution in [1.82, 2.24) is 0 Å². The molecule has 2 nitrogen and oxygen atoms in total. The van der Waals surface area contributed by atoms with Crippen LogP contribution in [0, 0.1) is 23.1 Å². The molecule has 1 aliphatic rings. The van der Waals surface area contributed by atoms with Gasteiger partial charge in [-0.05, 0) is 54.7 Å². The lowest BCUT2D eigenvalue weighted by molar-refractivity contribution is -0.146. The van der Waals surface area contributed by atoms with Crippen molar-refractivity contribution >= 4 is 17.6 Å². The summed E-state index contributed by atoms with van der Waals surface area (Å²) in [6, 6.07) is 4.34. The van der Waals surface area contributed by atoms with E-state index in [1.165, 1.54) is 12.1 Å². The summed E-state index contributed by atoms with van der Waals surface area (Å²) in [7, 11) is 0. The summed E-state index contributed by atoms with van der Waals surface area (Å²) in [5, 5.41) is 9.76. The van der Waals surface area contributed by atoms with Crippen molar-refractivity contribution in [3.8, 4) is 0 Å². The molecule has 1 aliphatic carbocycles. The lowest BCUT2D eigenvalue weighted by Crippen LogP contribution is -2.35. The summed E-state index contributed by atoms with van der Waals surface area (Å²) in [6.07, 6.45) is 3.08. The number of carbonyl (C=O) groups is 1. The summed E-state index contributed by atoms with van der Waals surface area (Å²) in [5.74, 6) is -1.37. The van der Waals surface area contributed by atoms with Gasteiger partial charge in [-0.3, -0.25) is 4.79 Å². The van der Waals surface area contributed by atoms with E-state index in [4.69, 9.17) is 11.6 Å². The molecule has 0 bridgehead atoms. The number of hydrogen-bond donors (Lipinski definition) is 1. The van der Waals surface area contributed by atoms with Crippen LogP contribution in [0.1, 0.15) is 38.7 Å². The standard InChI is InChI=1S/C16H20ClFO2/c1-16(2)6-5-13(15(19)20)11(9-16)7-10-3-4-12(18)8-14(10)17/h3-4,8,11,13H,5-7,9H2,1-2H3,(H,19,20). The van der Waals surface area contributed by atoms with Gasteiger partial charge in [0.25, 0.3) is 0 Å². The lowest BCUT2D eigenvalue weighted by atomic mass is 9.65. The Balaban J connectivity index is 2.20. The van der Waals surface area contributed by atoms with E-state index in [1.807, 2.05) is 0 Å². The molecule has 0 amide bonds. The van der Waals surface area contributed by atoms with Crippen LogP contribution in [0.5, 0.6) is 0 Å². The Bertz CT molecular complexity index is 513. The number of halogens is 2. The van der Waals surface area contributed by atoms with Crippen LogP contribution in [0.2, 0.25) is 5.02 Å². The third-order valence-corrected chi connectivity index (χ3v) is 4.68. The predicted molar refractivity (Wildman–Crippen MR) is 77.4 cm³/mol. The lowest BCUT2D eigenvalue weighted by Gasteiger charge is -2.39. The third-order valence-electron chi connectivity index (χ3n) is 4.33. The predicted octanol–water partition coefficient (Wildman–Crippen LogP) is 4.55. The Morgan fingerprint density at radius 3 is 2.80 bits per heavy atom. The fourth-order valence-electron chi connectivity index (χ4n) is 3.25. The molecule has 1 fully saturated rings. The van der Waals surface area contributed by atoms with Gasteiger partial charge >= 0.3 is 5.97 Å². The first-order valence-electron chi connectivity index (χ1n) is 6.95. The number of aliphatic carboxylic acids is 1. The highest BCUT2D eigenvalue weighted by Crippen LogP contribution is 2.43. The quantitative estimate of drug-likeness (QED) is 0.889. The second-order valence-corrected chi connectivity index (χ2v) is 6.96. The summed E-state index contributed by atoms with van der Waals surface area (Å²) in [5.41, 5.74) is 0.991. The molecule has 1 aromatic carbocycles. The number of benzene rings is 1. The van der Waals surface area contributed by atoms with E-state index in [1.54, 1.807) is 6.07 Å². The van der Waals surface area contributed by atoms with Crippen LogP contribution in [0.3, 0.4) is 0 Å². The van der Waals surface area contributed by atoms with Gasteiger partial charge < -0.3 is 5.11 Å². The third kappa shape index (κ3) is 3.51. The van der Waals surface area contributed by atoms with Crippen molar-refractivity contribution in [3.05, 3.63) is 34.6 Å². The minimum atomic E-state index is -0.733. The topological polar surface area (TPSA) is 37.3 Å². The van der Waals surface area contributed by atoms with E-state index in [0.29, 0.717) is 17.9 Å². The van der Waals surface area contributed by atoms with Crippen LogP contribution in [-0.2, 0) is 11.2 Å². The Hall–Kier alpha value is -1.09. The van der Waals surface area contributed by atoms with Gasteiger partial charge in [-0.25, -0.2) is 4.39 Å². The molecule has 0 aromatic heterocycles. The Morgan fingerprint density at radius 1 is 1.50 bits per heavy atom. The molecule has 0 aliphatic heterocycles. The molecule has 0 radical (unpaired) electrons. The fourth-order valence-corrected chi connectivity index (χ4v) is 3.49. The van der Waals surface area contributed by atoms with Crippen LogP contribution in [-0.4, -0.2) is 11.1 Å². The first kappa shape index (κ1) is 15.3. The Labute approximate surface area is 123 Å². The molecule has 20 heavy (non-hydrogen) atoms. The van der Waals surface area contributed by atoms with Gasteiger partial charge in [-0.1, -0.05) is 31.5 Å². The summed E-state index contributed by atoms with van der Waals surface area (Å²) >= 11 is 6.06. The smallest absolute Gasteiger partial charge is 0.306 e. The van der Waals surface area contributed by atoms with E-state index >= 15 is 0 Å². The van der Waals surface area contributed by atoms with E-state index in [-0.39, 0.29) is 23.1 Å². The highest BCUT2D eigenvalue weighted by atomic mass is 35.5. The van der Waals surface area contributed by atoms with Crippen LogP contribution >= 0.6 is 11.6 Å². The van der Waals surface area contributed by atoms with E-state index < -0.39 is 5.97 Å². The molecule has 0 saturated heterocycles. The average Bonchev–Trinajstić information content (AvgIpc) is 2.31. The maximum atomic E-state index is 13.1. The maximum absolute atomic E-state index is 13.1. The fraction of sp³-hybridized carbons (Fsp3) is 0.562. The van der Waals surface area contributed by atoms with Crippen molar-refractivity contribution in [2.75, 3.05) is 0 Å². The summed E-state index contributed by atoms with van der Waals surface area (Å²) in [4.78, 5) is 11.4. The minimum absolute atomic E-state index is 0.0548. The molecule has 4 heteroatoms. The molecule has 2 rings (SSSR count). The molecule has 0 spiro atoms. The van der Waals surface area contributed by atoms with Crippen LogP contribution in [0.15, 0.2) is 18.2 Å². The average molecular weight is 299 g/mol. The number of carboxylic acid groups (broad SMARTS) is 1. The van der Waals surface area contributed by atoms with Gasteiger partial charge in [-0.2, -0.15) is 0 Å². The molecule has 0 heterocycles. The van der Waals surface area contributed by atoms with E-state index in [2.05, 4.69) is 13.8 Å². The minimum Gasteiger partial charge on any atom is -0.481 e. The zero-order valence-electron chi connectivity index (χ0n) is 11.8. The van der Waals surface area contributed by atoms with Gasteiger partial charge in [0.15, 0.2) is 0 Å². The van der Waals surface area contributed by atoms with Crippen molar-refractivity contribution in [1.29, 1.82) is 0 Å². The number of carboxylic acids is 1. The molecule has 1 saturated carbocycles. The molecule has 2 atom stereocenters. The Kier molecular flexibility index (Phi) is 4.38. The second-order valence-electron chi connectivity index (χ2n) is 6.55. The van der Waals surface area contributed by atoms with Crippen molar-refractivity contribution in [2.24, 2.45) is 17.3 Å². The van der Waals surface area contributed by atoms with Gasteiger partial charge in [0, 0.05) is 5.02 Å². The van der Waals surface area contributed by atoms with Crippen molar-refractivity contribution < 1.29 is 14.3 Å². The van der Waals surface area contributed by atoms with Crippen molar-refractivity contribution in [3.63, 3.8) is 0 Å². The monoisotopic (exact) mass is 298 g/mol. The maximum Gasteiger partial charge on any atom is 0.306 e. The SMILES string of the molecule is CC1(C)CCC(C(=O)O)C(Cc2ccc(F)cc2Cl)C1. The van der Waals surface area contributed by atoms with Crippen LogP contribution in [0.25, 0.3) is 0 Å². The molecule has 2 unspecified atom stereocenters. The van der Waals surface area contributed by atoms with Gasteiger partial charge in [0.1, 0.15) is 5.82 Å². The van der Waals surface area contributed by atoms with Crippen LogP contribution < -0.4 is 0 Å². The summed E-state index contributed by atoms with van der Waals surface area (Å²) < 4.78 is 13.1. The van der Waals surface area contributed by atoms with Gasteiger partial charge in [-0.15, -0.1) is 0 Å². The molecular formula is C16H20ClFO2. The highest BCUT2D eigenvalue weighted by Gasteiger charge is 2.38. The zero-order valence-corrected chi connectivity index (χ0v) is 12.6. The zero-order chi connectivity index (χ0) is 14.9. The normalized spacial score (nSPS) is 25.4. The largest absolute Gasteiger partial charge is 0.481 e. The van der Waals surface area contributed by atoms with Crippen molar-refractivity contribution in [2.45, 2.75) is 39.5 Å². The molecule has 1 N–H and O–H groups in total. The first-order chi connectivity index (χ1) is 9.28. The summed E-state index contributed by atoms with van der Waals surface area (Å²) in [6.45, 7) is 4.34. The number of hydrogen-bond acceptors (Lipinski definition) is 1. The number of rotatable bonds is 3.